The SMILES string of the molecule is Cc1c(O)c(O)c(C(C)(O)N2CCC(CCOC=O)CC2)c(O)c1O. The third-order valence-electron chi connectivity index (χ3n) is 5.05. The van der Waals surface area contributed by atoms with Crippen molar-refractivity contribution in [3.8, 4) is 23.0 Å². The highest BCUT2D eigenvalue weighted by atomic mass is 16.5. The fraction of sp³-hybridized carbons (Fsp3) is 0.588. The summed E-state index contributed by atoms with van der Waals surface area (Å²) in [5.41, 5.74) is -2.17. The molecule has 140 valence electrons. The quantitative estimate of drug-likeness (QED) is 0.223. The summed E-state index contributed by atoms with van der Waals surface area (Å²) >= 11 is 0. The molecule has 8 heteroatoms. The molecule has 0 spiro atoms. The molecule has 0 saturated carbocycles. The zero-order valence-electron chi connectivity index (χ0n) is 14.4. The molecule has 25 heavy (non-hydrogen) atoms. The van der Waals surface area contributed by atoms with Crippen LogP contribution in [0.15, 0.2) is 0 Å². The molecule has 1 aromatic carbocycles. The third-order valence-corrected chi connectivity index (χ3v) is 5.05. The number of aromatic hydroxyl groups is 4. The molecule has 1 fully saturated rings. The molecule has 5 N–H and O–H groups in total. The molecule has 2 rings (SSSR count). The Morgan fingerprint density at radius 3 is 2.12 bits per heavy atom. The third kappa shape index (κ3) is 3.59. The Balaban J connectivity index is 2.19. The maximum absolute atomic E-state index is 10.9. The summed E-state index contributed by atoms with van der Waals surface area (Å²) in [6.45, 7) is 4.47. The number of likely N-dealkylation sites (tertiary alicyclic amines) is 1. The highest BCUT2D eigenvalue weighted by Gasteiger charge is 2.40. The Hall–Kier alpha value is -2.19. The molecule has 0 aromatic heterocycles. The molecule has 1 aliphatic rings. The minimum absolute atomic E-state index is 0.0663. The van der Waals surface area contributed by atoms with Gasteiger partial charge in [-0.3, -0.25) is 9.69 Å². The molecular weight excluding hydrogens is 330 g/mol. The van der Waals surface area contributed by atoms with E-state index in [2.05, 4.69) is 0 Å². The topological polar surface area (TPSA) is 131 Å². The van der Waals surface area contributed by atoms with Crippen molar-refractivity contribution in [2.45, 2.75) is 38.8 Å². The Kier molecular flexibility index (Phi) is 5.64. The number of carbonyl (C=O) groups excluding carboxylic acids is 1. The largest absolute Gasteiger partial charge is 0.504 e. The van der Waals surface area contributed by atoms with Crippen molar-refractivity contribution in [3.05, 3.63) is 11.1 Å². The van der Waals surface area contributed by atoms with E-state index in [1.165, 1.54) is 13.8 Å². The lowest BCUT2D eigenvalue weighted by molar-refractivity contribution is -0.129. The molecule has 0 radical (unpaired) electrons. The van der Waals surface area contributed by atoms with E-state index in [1.54, 1.807) is 4.90 Å². The Morgan fingerprint density at radius 1 is 1.12 bits per heavy atom. The predicted octanol–water partition coefficient (Wildman–Crippen LogP) is 1.26. The van der Waals surface area contributed by atoms with Crippen molar-refractivity contribution in [2.24, 2.45) is 5.92 Å². The number of phenolic OH excluding ortho intramolecular Hbond substituents is 4. The predicted molar refractivity (Wildman–Crippen MR) is 88.3 cm³/mol. The molecule has 1 aliphatic heterocycles. The van der Waals surface area contributed by atoms with Gasteiger partial charge in [-0.15, -0.1) is 0 Å². The van der Waals surface area contributed by atoms with Gasteiger partial charge in [0.25, 0.3) is 6.47 Å². The van der Waals surface area contributed by atoms with E-state index in [1.807, 2.05) is 0 Å². The molecule has 1 unspecified atom stereocenters. The number of aliphatic hydroxyl groups is 1. The monoisotopic (exact) mass is 355 g/mol. The van der Waals surface area contributed by atoms with E-state index < -0.39 is 28.7 Å². The lowest BCUT2D eigenvalue weighted by Crippen LogP contribution is -2.48. The van der Waals surface area contributed by atoms with Gasteiger partial charge in [-0.1, -0.05) is 0 Å². The smallest absolute Gasteiger partial charge is 0.293 e. The van der Waals surface area contributed by atoms with E-state index in [-0.39, 0.29) is 11.1 Å². The lowest BCUT2D eigenvalue weighted by Gasteiger charge is -2.42. The van der Waals surface area contributed by atoms with Crippen LogP contribution in [-0.4, -0.2) is 56.6 Å². The normalized spacial score (nSPS) is 18.7. The summed E-state index contributed by atoms with van der Waals surface area (Å²) in [5.74, 6) is -2.12. The summed E-state index contributed by atoms with van der Waals surface area (Å²) in [4.78, 5) is 11.8. The minimum atomic E-state index is -1.78. The van der Waals surface area contributed by atoms with E-state index >= 15 is 0 Å². The van der Waals surface area contributed by atoms with Gasteiger partial charge in [0, 0.05) is 18.7 Å². The first-order chi connectivity index (χ1) is 11.7. The minimum Gasteiger partial charge on any atom is -0.504 e. The Morgan fingerprint density at radius 2 is 1.64 bits per heavy atom. The van der Waals surface area contributed by atoms with Gasteiger partial charge in [-0.25, -0.2) is 0 Å². The van der Waals surface area contributed by atoms with Crippen LogP contribution in [0.25, 0.3) is 0 Å². The summed E-state index contributed by atoms with van der Waals surface area (Å²) in [6, 6.07) is 0. The van der Waals surface area contributed by atoms with Gasteiger partial charge < -0.3 is 30.3 Å². The number of rotatable bonds is 6. The number of nitrogens with zero attached hydrogens (tertiary/aromatic N) is 1. The van der Waals surface area contributed by atoms with Gasteiger partial charge in [0.05, 0.1) is 12.2 Å². The Labute approximate surface area is 145 Å². The first kappa shape index (κ1) is 19.1. The van der Waals surface area contributed by atoms with Crippen LogP contribution in [-0.2, 0) is 15.3 Å². The van der Waals surface area contributed by atoms with Crippen molar-refractivity contribution in [3.63, 3.8) is 0 Å². The molecule has 8 nitrogen and oxygen atoms in total. The average molecular weight is 355 g/mol. The zero-order valence-corrected chi connectivity index (χ0v) is 14.4. The lowest BCUT2D eigenvalue weighted by atomic mass is 9.90. The molecule has 0 bridgehead atoms. The van der Waals surface area contributed by atoms with Crippen LogP contribution in [0.1, 0.15) is 37.3 Å². The zero-order chi connectivity index (χ0) is 18.8. The van der Waals surface area contributed by atoms with Crippen LogP contribution in [0.4, 0.5) is 0 Å². The molecule has 1 aromatic rings. The Bertz CT molecular complexity index is 607. The summed E-state index contributed by atoms with van der Waals surface area (Å²) in [5, 5.41) is 51.1. The van der Waals surface area contributed by atoms with E-state index in [0.717, 1.165) is 19.3 Å². The highest BCUT2D eigenvalue weighted by Crippen LogP contribution is 2.51. The fourth-order valence-corrected chi connectivity index (χ4v) is 3.36. The number of piperidine rings is 1. The van der Waals surface area contributed by atoms with E-state index in [9.17, 15) is 30.3 Å². The summed E-state index contributed by atoms with van der Waals surface area (Å²) in [6.07, 6.45) is 2.21. The van der Waals surface area contributed by atoms with Crippen molar-refractivity contribution in [1.82, 2.24) is 4.90 Å². The van der Waals surface area contributed by atoms with Crippen LogP contribution in [0.5, 0.6) is 23.0 Å². The average Bonchev–Trinajstić information content (AvgIpc) is 2.59. The number of benzene rings is 1. The van der Waals surface area contributed by atoms with Gasteiger partial charge >= 0.3 is 0 Å². The van der Waals surface area contributed by atoms with Gasteiger partial charge in [0.2, 0.25) is 0 Å². The van der Waals surface area contributed by atoms with Crippen molar-refractivity contribution in [2.75, 3.05) is 19.7 Å². The first-order valence-corrected chi connectivity index (χ1v) is 8.21. The van der Waals surface area contributed by atoms with Gasteiger partial charge in [-0.05, 0) is 39.0 Å². The fourth-order valence-electron chi connectivity index (χ4n) is 3.36. The number of hydrogen-bond donors (Lipinski definition) is 5. The molecule has 1 atom stereocenters. The maximum atomic E-state index is 10.9. The van der Waals surface area contributed by atoms with Crippen LogP contribution >= 0.6 is 0 Å². The van der Waals surface area contributed by atoms with Crippen molar-refractivity contribution >= 4 is 6.47 Å². The highest BCUT2D eigenvalue weighted by molar-refractivity contribution is 5.65. The van der Waals surface area contributed by atoms with Crippen molar-refractivity contribution in [1.29, 1.82) is 0 Å². The second-order valence-corrected chi connectivity index (χ2v) is 6.60. The van der Waals surface area contributed by atoms with Crippen molar-refractivity contribution < 1.29 is 35.1 Å². The van der Waals surface area contributed by atoms with E-state index in [4.69, 9.17) is 4.74 Å². The summed E-state index contributed by atoms with van der Waals surface area (Å²) < 4.78 is 4.70. The van der Waals surface area contributed by atoms with Crippen LogP contribution in [0.3, 0.4) is 0 Å². The second-order valence-electron chi connectivity index (χ2n) is 6.60. The standard InChI is InChI=1S/C17H25NO7/c1-10-13(20)15(22)12(16(23)14(10)21)17(2,24)18-6-3-11(4-7-18)5-8-25-9-19/h9,11,20-24H,3-8H2,1-2H3. The van der Waals surface area contributed by atoms with Gasteiger partial charge in [0.1, 0.15) is 5.72 Å². The number of ether oxygens (including phenoxy) is 1. The van der Waals surface area contributed by atoms with Crippen LogP contribution in [0.2, 0.25) is 0 Å². The van der Waals surface area contributed by atoms with Gasteiger partial charge in [-0.2, -0.15) is 0 Å². The maximum Gasteiger partial charge on any atom is 0.293 e. The van der Waals surface area contributed by atoms with Crippen LogP contribution < -0.4 is 0 Å². The number of carbonyl (C=O) groups is 1. The molecule has 1 heterocycles. The molecule has 1 saturated heterocycles. The molecular formula is C17H25NO7. The first-order valence-electron chi connectivity index (χ1n) is 8.21. The van der Waals surface area contributed by atoms with Crippen LogP contribution in [0, 0.1) is 12.8 Å². The molecule has 0 amide bonds. The van der Waals surface area contributed by atoms with Gasteiger partial charge in [0.15, 0.2) is 23.0 Å². The number of hydrogen-bond acceptors (Lipinski definition) is 8. The summed E-state index contributed by atoms with van der Waals surface area (Å²) in [7, 11) is 0. The van der Waals surface area contributed by atoms with E-state index in [0.29, 0.717) is 32.1 Å². The second kappa shape index (κ2) is 7.37. The molecule has 0 aliphatic carbocycles. The number of phenols is 4.